The first kappa shape index (κ1) is 21.6. The lowest BCUT2D eigenvalue weighted by Gasteiger charge is -2.26. The molecule has 1 aromatic heterocycles. The van der Waals surface area contributed by atoms with Crippen molar-refractivity contribution in [3.8, 4) is 0 Å². The lowest BCUT2D eigenvalue weighted by atomic mass is 9.85. The highest BCUT2D eigenvalue weighted by atomic mass is 16.3. The van der Waals surface area contributed by atoms with Crippen LogP contribution < -0.4 is 0 Å². The third-order valence-electron chi connectivity index (χ3n) is 5.86. The number of rotatable bonds is 4. The number of Topliss-reactive ketones (excluding diaryl/α,β-unsaturated/α-hetero) is 1. The topological polar surface area (TPSA) is 70.8 Å². The molecule has 1 atom stereocenters. The molecule has 5 nitrogen and oxygen atoms in total. The molecule has 1 aliphatic heterocycles. The Morgan fingerprint density at radius 1 is 1.00 bits per heavy atom. The number of hydrogen-bond donors (Lipinski definition) is 1. The van der Waals surface area contributed by atoms with Gasteiger partial charge in [0.1, 0.15) is 11.5 Å². The molecule has 4 rings (SSSR count). The van der Waals surface area contributed by atoms with Gasteiger partial charge in [-0.05, 0) is 35.6 Å². The number of hydrogen-bond acceptors (Lipinski definition) is 4. The predicted molar refractivity (Wildman–Crippen MR) is 123 cm³/mol. The Bertz CT molecular complexity index is 1160. The van der Waals surface area contributed by atoms with Gasteiger partial charge in [-0.3, -0.25) is 9.59 Å². The fourth-order valence-corrected chi connectivity index (χ4v) is 3.99. The normalized spacial score (nSPS) is 18.4. The van der Waals surface area contributed by atoms with E-state index < -0.39 is 17.7 Å². The predicted octanol–water partition coefficient (Wildman–Crippen LogP) is 5.51. The smallest absolute Gasteiger partial charge is 0.296 e. The maximum Gasteiger partial charge on any atom is 0.296 e. The summed E-state index contributed by atoms with van der Waals surface area (Å²) in [5.41, 5.74) is 3.50. The summed E-state index contributed by atoms with van der Waals surface area (Å²) in [5, 5.41) is 11.1. The second kappa shape index (κ2) is 8.15. The van der Waals surface area contributed by atoms with Crippen molar-refractivity contribution in [2.24, 2.45) is 0 Å². The number of furan rings is 1. The summed E-state index contributed by atoms with van der Waals surface area (Å²) in [4.78, 5) is 27.6. The number of carbonyl (C=O) groups is 2. The van der Waals surface area contributed by atoms with E-state index in [1.807, 2.05) is 43.3 Å². The van der Waals surface area contributed by atoms with Crippen LogP contribution in [0.1, 0.15) is 54.8 Å². The number of amides is 1. The van der Waals surface area contributed by atoms with Crippen LogP contribution in [-0.2, 0) is 21.5 Å². The van der Waals surface area contributed by atoms with E-state index in [2.05, 4.69) is 20.8 Å². The molecule has 0 saturated carbocycles. The van der Waals surface area contributed by atoms with Gasteiger partial charge in [0.15, 0.2) is 0 Å². The van der Waals surface area contributed by atoms with Gasteiger partial charge in [0.25, 0.3) is 11.7 Å². The first-order valence-electron chi connectivity index (χ1n) is 10.6. The van der Waals surface area contributed by atoms with Crippen LogP contribution >= 0.6 is 0 Å². The molecule has 1 saturated heterocycles. The molecular weight excluding hydrogens is 402 g/mol. The van der Waals surface area contributed by atoms with E-state index in [0.29, 0.717) is 11.3 Å². The maximum atomic E-state index is 13.1. The first-order valence-corrected chi connectivity index (χ1v) is 10.6. The zero-order chi connectivity index (χ0) is 23.0. The summed E-state index contributed by atoms with van der Waals surface area (Å²) in [6.07, 6.45) is 1.53. The second-order valence-corrected chi connectivity index (χ2v) is 9.24. The zero-order valence-electron chi connectivity index (χ0n) is 18.8. The molecular formula is C27H27NO4. The molecule has 5 heteroatoms. The monoisotopic (exact) mass is 429 g/mol. The van der Waals surface area contributed by atoms with E-state index >= 15 is 0 Å². The molecule has 1 fully saturated rings. The molecule has 1 N–H and O–H groups in total. The van der Waals surface area contributed by atoms with Crippen LogP contribution in [-0.4, -0.2) is 21.7 Å². The molecule has 164 valence electrons. The van der Waals surface area contributed by atoms with Crippen LogP contribution in [0.5, 0.6) is 0 Å². The van der Waals surface area contributed by atoms with Crippen LogP contribution in [0.3, 0.4) is 0 Å². The highest BCUT2D eigenvalue weighted by Crippen LogP contribution is 2.40. The summed E-state index contributed by atoms with van der Waals surface area (Å²) in [6, 6.07) is 17.9. The molecule has 0 radical (unpaired) electrons. The van der Waals surface area contributed by atoms with Crippen LogP contribution in [0.2, 0.25) is 0 Å². The van der Waals surface area contributed by atoms with E-state index in [9.17, 15) is 14.7 Å². The largest absolute Gasteiger partial charge is 0.507 e. The SMILES string of the molecule is Cc1ccc(C(O)=C2C(=O)C(=O)N(Cc3ccco3)[C@H]2c2ccc(C(C)(C)C)cc2)cc1. The molecule has 2 aromatic carbocycles. The average Bonchev–Trinajstić information content (AvgIpc) is 3.36. The average molecular weight is 430 g/mol. The van der Waals surface area contributed by atoms with Gasteiger partial charge in [0.2, 0.25) is 0 Å². The van der Waals surface area contributed by atoms with Gasteiger partial charge in [0, 0.05) is 5.56 Å². The fraction of sp³-hybridized carbons (Fsp3) is 0.259. The molecule has 3 aromatic rings. The molecule has 0 spiro atoms. The fourth-order valence-electron chi connectivity index (χ4n) is 3.99. The van der Waals surface area contributed by atoms with Crippen molar-refractivity contribution in [3.05, 3.63) is 101 Å². The minimum Gasteiger partial charge on any atom is -0.507 e. The lowest BCUT2D eigenvalue weighted by molar-refractivity contribution is -0.140. The number of nitrogens with zero attached hydrogens (tertiary/aromatic N) is 1. The third kappa shape index (κ3) is 3.98. The highest BCUT2D eigenvalue weighted by Gasteiger charge is 2.46. The number of likely N-dealkylation sites (tertiary alicyclic amines) is 1. The minimum atomic E-state index is -0.713. The Labute approximate surface area is 188 Å². The van der Waals surface area contributed by atoms with Gasteiger partial charge in [-0.15, -0.1) is 0 Å². The van der Waals surface area contributed by atoms with Crippen LogP contribution in [0.4, 0.5) is 0 Å². The summed E-state index contributed by atoms with van der Waals surface area (Å²) < 4.78 is 5.44. The summed E-state index contributed by atoms with van der Waals surface area (Å²) in [7, 11) is 0. The number of benzene rings is 2. The number of aliphatic hydroxyl groups is 1. The Kier molecular flexibility index (Phi) is 5.51. The number of carbonyl (C=O) groups excluding carboxylic acids is 2. The second-order valence-electron chi connectivity index (χ2n) is 9.24. The number of aryl methyl sites for hydroxylation is 1. The van der Waals surface area contributed by atoms with Crippen molar-refractivity contribution in [3.63, 3.8) is 0 Å². The summed E-state index contributed by atoms with van der Waals surface area (Å²) in [6.45, 7) is 8.46. The quantitative estimate of drug-likeness (QED) is 0.337. The molecule has 32 heavy (non-hydrogen) atoms. The molecule has 2 heterocycles. The Balaban J connectivity index is 1.85. The van der Waals surface area contributed by atoms with Crippen molar-refractivity contribution < 1.29 is 19.1 Å². The van der Waals surface area contributed by atoms with Crippen molar-refractivity contribution in [2.45, 2.75) is 45.7 Å². The summed E-state index contributed by atoms with van der Waals surface area (Å²) in [5.74, 6) is -0.951. The van der Waals surface area contributed by atoms with E-state index in [4.69, 9.17) is 4.42 Å². The molecule has 1 aliphatic rings. The van der Waals surface area contributed by atoms with E-state index in [1.165, 1.54) is 11.2 Å². The van der Waals surface area contributed by atoms with E-state index in [1.54, 1.807) is 24.3 Å². The van der Waals surface area contributed by atoms with Gasteiger partial charge in [-0.25, -0.2) is 0 Å². The number of aliphatic hydroxyl groups excluding tert-OH is 1. The van der Waals surface area contributed by atoms with Gasteiger partial charge < -0.3 is 14.4 Å². The van der Waals surface area contributed by atoms with Crippen molar-refractivity contribution in [1.29, 1.82) is 0 Å². The first-order chi connectivity index (χ1) is 15.2. The zero-order valence-corrected chi connectivity index (χ0v) is 18.8. The van der Waals surface area contributed by atoms with E-state index in [0.717, 1.165) is 16.7 Å². The molecule has 1 amide bonds. The van der Waals surface area contributed by atoms with Crippen molar-refractivity contribution in [2.75, 3.05) is 0 Å². The lowest BCUT2D eigenvalue weighted by Crippen LogP contribution is -2.29. The third-order valence-corrected chi connectivity index (χ3v) is 5.86. The van der Waals surface area contributed by atoms with Crippen molar-refractivity contribution >= 4 is 17.4 Å². The van der Waals surface area contributed by atoms with Gasteiger partial charge in [-0.2, -0.15) is 0 Å². The molecule has 0 aliphatic carbocycles. The van der Waals surface area contributed by atoms with Gasteiger partial charge >= 0.3 is 0 Å². The van der Waals surface area contributed by atoms with Gasteiger partial charge in [-0.1, -0.05) is 74.9 Å². The Hall–Kier alpha value is -3.60. The number of ketones is 1. The van der Waals surface area contributed by atoms with E-state index in [-0.39, 0.29) is 23.3 Å². The van der Waals surface area contributed by atoms with Crippen LogP contribution in [0.15, 0.2) is 76.9 Å². The van der Waals surface area contributed by atoms with Crippen molar-refractivity contribution in [1.82, 2.24) is 4.90 Å². The molecule has 0 unspecified atom stereocenters. The molecule has 0 bridgehead atoms. The van der Waals surface area contributed by atoms with Gasteiger partial charge in [0.05, 0.1) is 24.4 Å². The van der Waals surface area contributed by atoms with Crippen LogP contribution in [0.25, 0.3) is 5.76 Å². The summed E-state index contributed by atoms with van der Waals surface area (Å²) >= 11 is 0. The highest BCUT2D eigenvalue weighted by molar-refractivity contribution is 6.46. The maximum absolute atomic E-state index is 13.1. The Morgan fingerprint density at radius 2 is 1.66 bits per heavy atom. The van der Waals surface area contributed by atoms with Crippen LogP contribution in [0, 0.1) is 6.92 Å². The standard InChI is InChI=1S/C27H27NO4/c1-17-7-9-19(10-8-17)24(29)22-23(18-11-13-20(14-12-18)27(2,3)4)28(26(31)25(22)30)16-21-6-5-15-32-21/h5-15,23,29H,16H2,1-4H3/t23-/m0/s1. The Morgan fingerprint density at radius 3 is 2.22 bits per heavy atom. The minimum absolute atomic E-state index is 0.0313.